The van der Waals surface area contributed by atoms with Gasteiger partial charge in [-0.15, -0.1) is 0 Å². The van der Waals surface area contributed by atoms with Gasteiger partial charge in [-0.25, -0.2) is 4.39 Å². The summed E-state index contributed by atoms with van der Waals surface area (Å²) >= 11 is 3.33. The highest BCUT2D eigenvalue weighted by Crippen LogP contribution is 2.30. The van der Waals surface area contributed by atoms with Crippen LogP contribution < -0.4 is 0 Å². The molecule has 1 aliphatic heterocycles. The molecule has 0 aromatic heterocycles. The Morgan fingerprint density at radius 1 is 1.48 bits per heavy atom. The van der Waals surface area contributed by atoms with Crippen LogP contribution in [-0.2, 0) is 16.0 Å². The molecule has 1 amide bonds. The maximum Gasteiger partial charge on any atom is 0.311 e. The summed E-state index contributed by atoms with van der Waals surface area (Å²) in [6, 6.07) is 4.38. The van der Waals surface area contributed by atoms with Gasteiger partial charge in [-0.3, -0.25) is 9.59 Å². The summed E-state index contributed by atoms with van der Waals surface area (Å²) < 4.78 is 14.0. The largest absolute Gasteiger partial charge is 0.481 e. The molecule has 21 heavy (non-hydrogen) atoms. The summed E-state index contributed by atoms with van der Waals surface area (Å²) in [4.78, 5) is 24.9. The van der Waals surface area contributed by atoms with E-state index in [0.717, 1.165) is 10.0 Å². The maximum atomic E-state index is 13.2. The van der Waals surface area contributed by atoms with Crippen LogP contribution in [-0.4, -0.2) is 35.0 Å². The van der Waals surface area contributed by atoms with Crippen LogP contribution in [0.2, 0.25) is 0 Å². The van der Waals surface area contributed by atoms with Crippen LogP contribution in [0.3, 0.4) is 0 Å². The van der Waals surface area contributed by atoms with E-state index in [-0.39, 0.29) is 24.7 Å². The molecule has 1 aliphatic rings. The number of amides is 1. The van der Waals surface area contributed by atoms with Crippen molar-refractivity contribution in [3.05, 3.63) is 34.1 Å². The fourth-order valence-corrected chi connectivity index (χ4v) is 2.93. The van der Waals surface area contributed by atoms with Gasteiger partial charge in [-0.1, -0.05) is 15.9 Å². The number of carbonyl (C=O) groups excluding carboxylic acids is 1. The number of hydrogen-bond acceptors (Lipinski definition) is 2. The number of likely N-dealkylation sites (tertiary alicyclic amines) is 1. The zero-order chi connectivity index (χ0) is 15.6. The Morgan fingerprint density at radius 2 is 2.19 bits per heavy atom. The number of nitrogens with zero attached hydrogens (tertiary/aromatic N) is 1. The van der Waals surface area contributed by atoms with Crippen molar-refractivity contribution >= 4 is 27.8 Å². The zero-order valence-corrected chi connectivity index (χ0v) is 13.3. The van der Waals surface area contributed by atoms with Crippen LogP contribution in [0.25, 0.3) is 0 Å². The number of hydrogen-bond donors (Lipinski definition) is 1. The summed E-state index contributed by atoms with van der Waals surface area (Å²) in [6.45, 7) is 2.36. The molecule has 1 aromatic rings. The molecule has 1 unspecified atom stereocenters. The Hall–Kier alpha value is -1.43. The third-order valence-corrected chi connectivity index (χ3v) is 4.73. The molecular formula is C15H17BrFNO3. The summed E-state index contributed by atoms with van der Waals surface area (Å²) in [7, 11) is 0. The van der Waals surface area contributed by atoms with Gasteiger partial charge >= 0.3 is 5.97 Å². The Balaban J connectivity index is 1.94. The van der Waals surface area contributed by atoms with E-state index >= 15 is 0 Å². The van der Waals surface area contributed by atoms with Crippen LogP contribution in [0.5, 0.6) is 0 Å². The second-order valence-corrected chi connectivity index (χ2v) is 6.52. The molecule has 0 spiro atoms. The minimum absolute atomic E-state index is 0.0869. The van der Waals surface area contributed by atoms with E-state index in [1.165, 1.54) is 12.1 Å². The maximum absolute atomic E-state index is 13.2. The van der Waals surface area contributed by atoms with E-state index in [9.17, 15) is 14.0 Å². The molecule has 1 saturated heterocycles. The van der Waals surface area contributed by atoms with E-state index in [1.807, 2.05) is 0 Å². The summed E-state index contributed by atoms with van der Waals surface area (Å²) in [5, 5.41) is 9.16. The summed E-state index contributed by atoms with van der Waals surface area (Å²) in [5.74, 6) is -1.29. The molecule has 2 rings (SSSR count). The van der Waals surface area contributed by atoms with Gasteiger partial charge in [-0.2, -0.15) is 0 Å². The van der Waals surface area contributed by atoms with Gasteiger partial charge in [0.05, 0.1) is 5.41 Å². The third kappa shape index (κ3) is 3.61. The predicted molar refractivity (Wildman–Crippen MR) is 79.4 cm³/mol. The average Bonchev–Trinajstić information content (AvgIpc) is 2.84. The second-order valence-electron chi connectivity index (χ2n) is 5.67. The molecule has 1 fully saturated rings. The highest BCUT2D eigenvalue weighted by molar-refractivity contribution is 9.10. The van der Waals surface area contributed by atoms with Crippen molar-refractivity contribution in [2.24, 2.45) is 5.41 Å². The number of carbonyl (C=O) groups is 2. The van der Waals surface area contributed by atoms with Gasteiger partial charge in [0.2, 0.25) is 5.91 Å². The van der Waals surface area contributed by atoms with E-state index in [2.05, 4.69) is 15.9 Å². The first-order valence-corrected chi connectivity index (χ1v) is 7.56. The first-order chi connectivity index (χ1) is 9.82. The number of halogens is 2. The van der Waals surface area contributed by atoms with Crippen molar-refractivity contribution in [3.63, 3.8) is 0 Å². The first kappa shape index (κ1) is 15.9. The molecule has 6 heteroatoms. The molecule has 0 aliphatic carbocycles. The van der Waals surface area contributed by atoms with E-state index in [1.54, 1.807) is 17.9 Å². The molecule has 1 aromatic carbocycles. The fraction of sp³-hybridized carbons (Fsp3) is 0.467. The summed E-state index contributed by atoms with van der Waals surface area (Å²) in [6.07, 6.45) is 1.15. The topological polar surface area (TPSA) is 57.6 Å². The number of aliphatic carboxylic acids is 1. The lowest BCUT2D eigenvalue weighted by Crippen LogP contribution is -2.34. The number of carboxylic acid groups (broad SMARTS) is 1. The van der Waals surface area contributed by atoms with Crippen molar-refractivity contribution < 1.29 is 19.1 Å². The lowest BCUT2D eigenvalue weighted by atomic mass is 9.90. The molecule has 1 N–H and O–H groups in total. The smallest absolute Gasteiger partial charge is 0.311 e. The van der Waals surface area contributed by atoms with Crippen LogP contribution in [0.15, 0.2) is 22.7 Å². The van der Waals surface area contributed by atoms with E-state index in [0.29, 0.717) is 19.4 Å². The fourth-order valence-electron chi connectivity index (χ4n) is 2.48. The van der Waals surface area contributed by atoms with Gasteiger partial charge in [0.15, 0.2) is 0 Å². The molecule has 1 atom stereocenters. The van der Waals surface area contributed by atoms with Crippen molar-refractivity contribution in [1.82, 2.24) is 4.90 Å². The van der Waals surface area contributed by atoms with Gasteiger partial charge in [-0.05, 0) is 43.5 Å². The van der Waals surface area contributed by atoms with E-state index < -0.39 is 11.4 Å². The SMILES string of the molecule is CC1(C(=O)O)CCN(C(=O)CCc2cc(F)ccc2Br)C1. The van der Waals surface area contributed by atoms with Crippen molar-refractivity contribution in [2.75, 3.05) is 13.1 Å². The lowest BCUT2D eigenvalue weighted by molar-refractivity contribution is -0.147. The zero-order valence-electron chi connectivity index (χ0n) is 11.7. The standard InChI is InChI=1S/C15H17BrFNO3/c1-15(14(20)21)6-7-18(9-15)13(19)5-2-10-8-11(17)3-4-12(10)16/h3-4,8H,2,5-7,9H2,1H3,(H,20,21). The van der Waals surface area contributed by atoms with Gasteiger partial charge in [0, 0.05) is 24.0 Å². The molecule has 1 heterocycles. The Kier molecular flexibility index (Phi) is 4.66. The molecule has 0 bridgehead atoms. The van der Waals surface area contributed by atoms with Crippen molar-refractivity contribution in [3.8, 4) is 0 Å². The number of rotatable bonds is 4. The summed E-state index contributed by atoms with van der Waals surface area (Å²) in [5.41, 5.74) is -0.113. The Labute approximate surface area is 131 Å². The average molecular weight is 358 g/mol. The van der Waals surface area contributed by atoms with Gasteiger partial charge in [0.1, 0.15) is 5.82 Å². The van der Waals surface area contributed by atoms with Gasteiger partial charge in [0.25, 0.3) is 0 Å². The van der Waals surface area contributed by atoms with E-state index in [4.69, 9.17) is 5.11 Å². The monoisotopic (exact) mass is 357 g/mol. The molecule has 0 radical (unpaired) electrons. The minimum Gasteiger partial charge on any atom is -0.481 e. The van der Waals surface area contributed by atoms with Crippen molar-refractivity contribution in [1.29, 1.82) is 0 Å². The number of aryl methyl sites for hydroxylation is 1. The molecule has 114 valence electrons. The Morgan fingerprint density at radius 3 is 2.81 bits per heavy atom. The predicted octanol–water partition coefficient (Wildman–Crippen LogP) is 2.84. The third-order valence-electron chi connectivity index (χ3n) is 3.96. The van der Waals surface area contributed by atoms with Crippen LogP contribution in [0.4, 0.5) is 4.39 Å². The lowest BCUT2D eigenvalue weighted by Gasteiger charge is -2.20. The second kappa shape index (κ2) is 6.13. The first-order valence-electron chi connectivity index (χ1n) is 6.77. The van der Waals surface area contributed by atoms with Crippen LogP contribution >= 0.6 is 15.9 Å². The van der Waals surface area contributed by atoms with Crippen molar-refractivity contribution in [2.45, 2.75) is 26.2 Å². The number of carboxylic acids is 1. The minimum atomic E-state index is -0.870. The highest BCUT2D eigenvalue weighted by atomic mass is 79.9. The molecule has 4 nitrogen and oxygen atoms in total. The van der Waals surface area contributed by atoms with Gasteiger partial charge < -0.3 is 10.0 Å². The molecule has 0 saturated carbocycles. The normalized spacial score (nSPS) is 21.6. The van der Waals surface area contributed by atoms with Crippen LogP contribution in [0, 0.1) is 11.2 Å². The quantitative estimate of drug-likeness (QED) is 0.901. The highest BCUT2D eigenvalue weighted by Gasteiger charge is 2.41. The van der Waals surface area contributed by atoms with Crippen LogP contribution in [0.1, 0.15) is 25.3 Å². The number of benzene rings is 1. The Bertz CT molecular complexity index is 578. The molecular weight excluding hydrogens is 341 g/mol.